The Hall–Kier alpha value is -2.54. The van der Waals surface area contributed by atoms with Crippen LogP contribution in [-0.4, -0.2) is 37.1 Å². The number of rotatable bonds is 5. The number of benzene rings is 1. The molecule has 1 aromatic heterocycles. The van der Waals surface area contributed by atoms with Gasteiger partial charge in [0.05, 0.1) is 10.8 Å². The molecule has 0 amide bonds. The van der Waals surface area contributed by atoms with E-state index in [-0.39, 0.29) is 0 Å². The zero-order valence-corrected chi connectivity index (χ0v) is 15.8. The second kappa shape index (κ2) is 10.5. The number of nitrogens with zero attached hydrogens (tertiary/aromatic N) is 1. The maximum Gasteiger partial charge on any atom is 0.414 e. The summed E-state index contributed by atoms with van der Waals surface area (Å²) < 4.78 is 12.3. The lowest BCUT2D eigenvalue weighted by Crippen LogP contribution is -2.09. The summed E-state index contributed by atoms with van der Waals surface area (Å²) in [5.74, 6) is -2.49. The molecule has 0 saturated heterocycles. The van der Waals surface area contributed by atoms with Gasteiger partial charge in [0.15, 0.2) is 0 Å². The molecule has 0 spiro atoms. The van der Waals surface area contributed by atoms with E-state index in [0.717, 1.165) is 22.6 Å². The van der Waals surface area contributed by atoms with Gasteiger partial charge in [-0.05, 0) is 48.6 Å². The van der Waals surface area contributed by atoms with Crippen molar-refractivity contribution in [1.29, 1.82) is 0 Å². The molecule has 140 valence electrons. The van der Waals surface area contributed by atoms with E-state index in [1.165, 1.54) is 5.56 Å². The Morgan fingerprint density at radius 1 is 1.04 bits per heavy atom. The van der Waals surface area contributed by atoms with Crippen molar-refractivity contribution in [2.75, 3.05) is 5.75 Å². The second-order valence-corrected chi connectivity index (χ2v) is 7.51. The van der Waals surface area contributed by atoms with Crippen LogP contribution in [0.3, 0.4) is 0 Å². The maximum absolute atomic E-state index is 12.3. The molecule has 2 aromatic rings. The minimum atomic E-state index is -1.82. The molecule has 0 saturated carbocycles. The Morgan fingerprint density at radius 2 is 1.62 bits per heavy atom. The smallest absolute Gasteiger partial charge is 0.414 e. The monoisotopic (exact) mass is 377 g/mol. The van der Waals surface area contributed by atoms with Crippen LogP contribution in [0.25, 0.3) is 0 Å². The minimum Gasteiger partial charge on any atom is -0.473 e. The summed E-state index contributed by atoms with van der Waals surface area (Å²) in [5, 5.41) is 14.8. The van der Waals surface area contributed by atoms with Gasteiger partial charge in [-0.1, -0.05) is 32.0 Å². The average Bonchev–Trinajstić information content (AvgIpc) is 2.61. The highest BCUT2D eigenvalue weighted by molar-refractivity contribution is 7.85. The zero-order valence-electron chi connectivity index (χ0n) is 15.0. The highest BCUT2D eigenvalue weighted by Gasteiger charge is 2.06. The molecule has 6 nitrogen and oxygen atoms in total. The topological polar surface area (TPSA) is 105 Å². The van der Waals surface area contributed by atoms with Crippen molar-refractivity contribution in [2.45, 2.75) is 38.0 Å². The van der Waals surface area contributed by atoms with Crippen LogP contribution < -0.4 is 0 Å². The molecule has 0 radical (unpaired) electrons. The quantitative estimate of drug-likeness (QED) is 0.776. The first-order valence-electron chi connectivity index (χ1n) is 8.06. The van der Waals surface area contributed by atoms with Crippen molar-refractivity contribution in [3.05, 3.63) is 59.4 Å². The summed E-state index contributed by atoms with van der Waals surface area (Å²) in [4.78, 5) is 23.4. The summed E-state index contributed by atoms with van der Waals surface area (Å²) in [6, 6.07) is 12.2. The van der Waals surface area contributed by atoms with Crippen LogP contribution in [0.1, 0.15) is 36.6 Å². The van der Waals surface area contributed by atoms with Gasteiger partial charge in [0, 0.05) is 22.5 Å². The van der Waals surface area contributed by atoms with Gasteiger partial charge in [-0.15, -0.1) is 0 Å². The Labute approximate surface area is 155 Å². The van der Waals surface area contributed by atoms with Gasteiger partial charge >= 0.3 is 11.9 Å². The van der Waals surface area contributed by atoms with Gasteiger partial charge in [-0.25, -0.2) is 9.59 Å². The van der Waals surface area contributed by atoms with Crippen LogP contribution >= 0.6 is 0 Å². The molecule has 0 aliphatic heterocycles. The molecular formula is C19H23NO5S. The summed E-state index contributed by atoms with van der Waals surface area (Å²) in [6.07, 6.45) is 2.67. The number of aryl methyl sites for hydroxylation is 2. The molecule has 2 N–H and O–H groups in total. The number of carboxylic acids is 2. The predicted molar refractivity (Wildman–Crippen MR) is 99.8 cm³/mol. The third-order valence-corrected chi connectivity index (χ3v) is 4.91. The van der Waals surface area contributed by atoms with Crippen molar-refractivity contribution < 1.29 is 24.0 Å². The fourth-order valence-electron chi connectivity index (χ4n) is 1.98. The Balaban J connectivity index is 0.000000487. The molecule has 7 heteroatoms. The first-order valence-corrected chi connectivity index (χ1v) is 9.38. The lowest BCUT2D eigenvalue weighted by atomic mass is 10.0. The number of pyridine rings is 1. The molecule has 1 unspecified atom stereocenters. The molecule has 0 fully saturated rings. The lowest BCUT2D eigenvalue weighted by Gasteiger charge is -2.07. The van der Waals surface area contributed by atoms with Crippen molar-refractivity contribution in [3.8, 4) is 0 Å². The third kappa shape index (κ3) is 7.57. The van der Waals surface area contributed by atoms with Crippen LogP contribution in [0, 0.1) is 6.92 Å². The zero-order chi connectivity index (χ0) is 19.7. The van der Waals surface area contributed by atoms with Crippen LogP contribution in [-0.2, 0) is 26.8 Å². The van der Waals surface area contributed by atoms with E-state index in [0.29, 0.717) is 11.7 Å². The van der Waals surface area contributed by atoms with Gasteiger partial charge < -0.3 is 10.2 Å². The van der Waals surface area contributed by atoms with E-state index >= 15 is 0 Å². The minimum absolute atomic E-state index is 0.510. The summed E-state index contributed by atoms with van der Waals surface area (Å²) in [6.45, 7) is 6.30. The molecule has 0 aliphatic carbocycles. The SMILES string of the molecule is Cc1ccc(CCS(=O)c2ccc(C(C)C)cc2)cn1.O=C(O)C(=O)O. The summed E-state index contributed by atoms with van der Waals surface area (Å²) in [5.41, 5.74) is 3.44. The molecule has 0 bridgehead atoms. The number of carboxylic acid groups (broad SMARTS) is 2. The van der Waals surface area contributed by atoms with Crippen LogP contribution in [0.15, 0.2) is 47.5 Å². The molecule has 1 heterocycles. The molecule has 26 heavy (non-hydrogen) atoms. The maximum atomic E-state index is 12.3. The fourth-order valence-corrected chi connectivity index (χ4v) is 3.08. The number of aromatic nitrogens is 1. The van der Waals surface area contributed by atoms with Crippen LogP contribution in [0.4, 0.5) is 0 Å². The third-order valence-electron chi connectivity index (χ3n) is 3.54. The van der Waals surface area contributed by atoms with Crippen molar-refractivity contribution in [2.24, 2.45) is 0 Å². The standard InChI is InChI=1S/C17H21NOS.C2H2O4/c1-13(2)16-6-8-17(9-7-16)20(19)11-10-15-5-4-14(3)18-12-15;3-1(4)2(5)6/h4-9,12-13H,10-11H2,1-3H3;(H,3,4)(H,5,6). The molecule has 1 atom stereocenters. The van der Waals surface area contributed by atoms with Gasteiger partial charge in [0.25, 0.3) is 0 Å². The average molecular weight is 377 g/mol. The first kappa shape index (κ1) is 21.5. The normalized spacial score (nSPS) is 11.4. The van der Waals surface area contributed by atoms with Crippen LogP contribution in [0.2, 0.25) is 0 Å². The Bertz CT molecular complexity index is 743. The van der Waals surface area contributed by atoms with E-state index in [4.69, 9.17) is 19.8 Å². The lowest BCUT2D eigenvalue weighted by molar-refractivity contribution is -0.159. The van der Waals surface area contributed by atoms with E-state index in [9.17, 15) is 4.21 Å². The molecular weight excluding hydrogens is 354 g/mol. The first-order chi connectivity index (χ1) is 12.2. The second-order valence-electron chi connectivity index (χ2n) is 5.94. The number of hydrogen-bond donors (Lipinski definition) is 2. The Kier molecular flexibility index (Phi) is 8.64. The summed E-state index contributed by atoms with van der Waals surface area (Å²) >= 11 is 0. The number of carbonyl (C=O) groups is 2. The van der Waals surface area contributed by atoms with Gasteiger partial charge in [-0.3, -0.25) is 9.19 Å². The van der Waals surface area contributed by atoms with E-state index in [1.54, 1.807) is 0 Å². The van der Waals surface area contributed by atoms with Crippen molar-refractivity contribution >= 4 is 22.7 Å². The number of hydrogen-bond acceptors (Lipinski definition) is 4. The van der Waals surface area contributed by atoms with Gasteiger partial charge in [0.2, 0.25) is 0 Å². The van der Waals surface area contributed by atoms with Crippen molar-refractivity contribution in [3.63, 3.8) is 0 Å². The van der Waals surface area contributed by atoms with Gasteiger partial charge in [-0.2, -0.15) is 0 Å². The number of aliphatic carboxylic acids is 2. The molecule has 2 rings (SSSR count). The van der Waals surface area contributed by atoms with E-state index < -0.39 is 22.7 Å². The van der Waals surface area contributed by atoms with E-state index in [1.807, 2.05) is 31.3 Å². The van der Waals surface area contributed by atoms with Crippen LogP contribution in [0.5, 0.6) is 0 Å². The van der Waals surface area contributed by atoms with Crippen molar-refractivity contribution in [1.82, 2.24) is 4.98 Å². The predicted octanol–water partition coefficient (Wildman–Crippen LogP) is 3.02. The molecule has 0 aliphatic rings. The van der Waals surface area contributed by atoms with Gasteiger partial charge in [0.1, 0.15) is 0 Å². The molecule has 1 aromatic carbocycles. The highest BCUT2D eigenvalue weighted by atomic mass is 32.2. The summed E-state index contributed by atoms with van der Waals surface area (Å²) in [7, 11) is -0.939. The largest absolute Gasteiger partial charge is 0.473 e. The fraction of sp³-hybridized carbons (Fsp3) is 0.316. The Morgan fingerprint density at radius 3 is 2.04 bits per heavy atom. The van der Waals surface area contributed by atoms with E-state index in [2.05, 4.69) is 37.0 Å². The highest BCUT2D eigenvalue weighted by Crippen LogP contribution is 2.17.